The van der Waals surface area contributed by atoms with Gasteiger partial charge in [-0.15, -0.1) is 0 Å². The third-order valence-corrected chi connectivity index (χ3v) is 9.81. The Morgan fingerprint density at radius 3 is 2.78 bits per heavy atom. The molecule has 45 heavy (non-hydrogen) atoms. The molecule has 4 aromatic rings. The van der Waals surface area contributed by atoms with E-state index in [9.17, 15) is 9.59 Å². The minimum Gasteiger partial charge on any atom is -0.451 e. The summed E-state index contributed by atoms with van der Waals surface area (Å²) in [5, 5.41) is 8.43. The Hall–Kier alpha value is -4.70. The second kappa shape index (κ2) is 11.0. The summed E-state index contributed by atoms with van der Waals surface area (Å²) >= 11 is 0. The number of carbonyl (C=O) groups excluding carboxylic acids is 1. The van der Waals surface area contributed by atoms with Crippen molar-refractivity contribution in [3.63, 3.8) is 0 Å². The lowest BCUT2D eigenvalue weighted by atomic mass is 10.0. The van der Waals surface area contributed by atoms with Gasteiger partial charge in [-0.25, -0.2) is 4.39 Å². The molecule has 230 valence electrons. The predicted molar refractivity (Wildman–Crippen MR) is 175 cm³/mol. The van der Waals surface area contributed by atoms with Crippen LogP contribution in [0, 0.1) is 11.7 Å². The van der Waals surface area contributed by atoms with Crippen LogP contribution in [-0.4, -0.2) is 67.4 Å². The van der Waals surface area contributed by atoms with Crippen LogP contribution in [-0.2, 0) is 0 Å². The van der Waals surface area contributed by atoms with Gasteiger partial charge in [-0.2, -0.15) is 0 Å². The molecule has 4 aliphatic rings. The third-order valence-electron chi connectivity index (χ3n) is 9.81. The lowest BCUT2D eigenvalue weighted by Gasteiger charge is -2.29. The molecule has 2 atom stereocenters. The number of amides is 1. The van der Waals surface area contributed by atoms with Gasteiger partial charge in [0.25, 0.3) is 5.91 Å². The summed E-state index contributed by atoms with van der Waals surface area (Å²) < 4.78 is 24.7. The molecule has 2 fully saturated rings. The van der Waals surface area contributed by atoms with Gasteiger partial charge in [0, 0.05) is 55.9 Å². The average Bonchev–Trinajstić information content (AvgIpc) is 3.71. The fourth-order valence-electron chi connectivity index (χ4n) is 7.40. The molecule has 1 unspecified atom stereocenters. The van der Waals surface area contributed by atoms with Gasteiger partial charge in [0.2, 0.25) is 5.43 Å². The van der Waals surface area contributed by atoms with Gasteiger partial charge < -0.3 is 29.7 Å². The zero-order chi connectivity index (χ0) is 30.7. The van der Waals surface area contributed by atoms with Gasteiger partial charge in [0.1, 0.15) is 16.8 Å². The molecule has 3 aromatic carbocycles. The van der Waals surface area contributed by atoms with E-state index in [1.165, 1.54) is 6.07 Å². The lowest BCUT2D eigenvalue weighted by molar-refractivity contribution is 0.0949. The van der Waals surface area contributed by atoms with Crippen LogP contribution in [0.2, 0.25) is 0 Å². The van der Waals surface area contributed by atoms with Gasteiger partial charge in [-0.1, -0.05) is 24.3 Å². The molecule has 2 saturated heterocycles. The zero-order valence-electron chi connectivity index (χ0n) is 25.2. The van der Waals surface area contributed by atoms with Crippen molar-refractivity contribution in [3.8, 4) is 17.2 Å². The number of ether oxygens (including phenoxy) is 1. The van der Waals surface area contributed by atoms with E-state index < -0.39 is 17.2 Å². The molecule has 4 aliphatic heterocycles. The predicted octanol–water partition coefficient (Wildman–Crippen LogP) is 4.94. The number of aliphatic imine (C=N–C) groups is 1. The number of fused-ring (bicyclic) bond motifs is 3. The molecular weight excluding hydrogens is 571 g/mol. The Morgan fingerprint density at radius 2 is 2.00 bits per heavy atom. The van der Waals surface area contributed by atoms with E-state index in [4.69, 9.17) is 4.74 Å². The Morgan fingerprint density at radius 1 is 1.16 bits per heavy atom. The number of hydrogen-bond acceptors (Lipinski definition) is 7. The van der Waals surface area contributed by atoms with Crippen LogP contribution in [0.5, 0.6) is 11.5 Å². The first-order valence-corrected chi connectivity index (χ1v) is 15.8. The van der Waals surface area contributed by atoms with Crippen LogP contribution >= 0.6 is 0 Å². The number of halogens is 1. The molecule has 1 amide bonds. The second-order valence-electron chi connectivity index (χ2n) is 12.5. The summed E-state index contributed by atoms with van der Waals surface area (Å²) in [5.41, 5.74) is 2.00. The van der Waals surface area contributed by atoms with E-state index in [0.717, 1.165) is 48.7 Å². The van der Waals surface area contributed by atoms with Crippen LogP contribution in [0.15, 0.2) is 70.3 Å². The topological polar surface area (TPSA) is 91.2 Å². The number of likely N-dealkylation sites (tertiary alicyclic amines) is 1. The van der Waals surface area contributed by atoms with E-state index >= 15 is 4.39 Å². The molecule has 0 radical (unpaired) electrons. The fraction of sp³-hybridized carbons (Fsp3) is 0.343. The van der Waals surface area contributed by atoms with Crippen LogP contribution in [0.3, 0.4) is 0 Å². The molecule has 1 aromatic heterocycles. The van der Waals surface area contributed by atoms with Crippen molar-refractivity contribution in [2.45, 2.75) is 31.7 Å². The van der Waals surface area contributed by atoms with E-state index in [0.29, 0.717) is 60.6 Å². The van der Waals surface area contributed by atoms with Crippen LogP contribution in [0.1, 0.15) is 36.0 Å². The van der Waals surface area contributed by atoms with Gasteiger partial charge in [-0.3, -0.25) is 14.6 Å². The quantitative estimate of drug-likeness (QED) is 0.285. The minimum atomic E-state index is -0.545. The maximum absolute atomic E-state index is 16.3. The summed E-state index contributed by atoms with van der Waals surface area (Å²) in [7, 11) is 2.10. The summed E-state index contributed by atoms with van der Waals surface area (Å²) in [6, 6.07) is 13.6. The lowest BCUT2D eigenvalue weighted by Crippen LogP contribution is -2.34. The minimum absolute atomic E-state index is 0.0153. The summed E-state index contributed by atoms with van der Waals surface area (Å²) in [5.74, 6) is 0.00326. The van der Waals surface area contributed by atoms with Crippen LogP contribution in [0.25, 0.3) is 27.4 Å². The number of benzene rings is 3. The number of hydrogen-bond donors (Lipinski definition) is 2. The molecule has 0 aliphatic carbocycles. The van der Waals surface area contributed by atoms with Crippen molar-refractivity contribution < 1.29 is 13.9 Å². The van der Waals surface area contributed by atoms with Gasteiger partial charge in [0.05, 0.1) is 17.6 Å². The molecule has 0 spiro atoms. The van der Waals surface area contributed by atoms with Crippen LogP contribution in [0.4, 0.5) is 10.1 Å². The Kier molecular flexibility index (Phi) is 6.82. The molecule has 0 bridgehead atoms. The van der Waals surface area contributed by atoms with Gasteiger partial charge in [-0.05, 0) is 68.2 Å². The molecule has 8 rings (SSSR count). The number of nitrogens with one attached hydrogen (secondary N) is 2. The van der Waals surface area contributed by atoms with Crippen molar-refractivity contribution in [1.29, 1.82) is 0 Å². The average molecular weight is 607 g/mol. The highest BCUT2D eigenvalue weighted by atomic mass is 19.1. The summed E-state index contributed by atoms with van der Waals surface area (Å²) in [6.07, 6.45) is 9.15. The Bertz CT molecular complexity index is 1980. The molecule has 2 N–H and O–H groups in total. The van der Waals surface area contributed by atoms with Crippen molar-refractivity contribution in [2.75, 3.05) is 44.7 Å². The first-order valence-electron chi connectivity index (χ1n) is 15.8. The van der Waals surface area contributed by atoms with E-state index in [1.807, 2.05) is 58.3 Å². The highest BCUT2D eigenvalue weighted by Crippen LogP contribution is 2.48. The zero-order valence-corrected chi connectivity index (χ0v) is 25.2. The normalized spacial score (nSPS) is 20.7. The molecule has 9 nitrogen and oxygen atoms in total. The van der Waals surface area contributed by atoms with Crippen molar-refractivity contribution in [3.05, 3.63) is 82.2 Å². The molecular formula is C35H35FN6O3. The Balaban J connectivity index is 1.23. The Labute approximate surface area is 260 Å². The van der Waals surface area contributed by atoms with E-state index in [1.54, 1.807) is 6.20 Å². The first-order chi connectivity index (χ1) is 22.0. The largest absolute Gasteiger partial charge is 0.451 e. The maximum atomic E-state index is 16.3. The number of carbonyl (C=O) groups is 1. The number of pyridine rings is 1. The van der Waals surface area contributed by atoms with Gasteiger partial charge in [0.15, 0.2) is 17.3 Å². The fourth-order valence-corrected chi connectivity index (χ4v) is 7.40. The number of nitrogens with zero attached hydrogens (tertiary/aromatic N) is 4. The second-order valence-corrected chi connectivity index (χ2v) is 12.5. The first kappa shape index (κ1) is 27.8. The van der Waals surface area contributed by atoms with E-state index in [-0.39, 0.29) is 16.9 Å². The summed E-state index contributed by atoms with van der Waals surface area (Å²) in [6.45, 7) is 3.39. The van der Waals surface area contributed by atoms with Crippen molar-refractivity contribution in [1.82, 2.24) is 20.1 Å². The van der Waals surface area contributed by atoms with Gasteiger partial charge >= 0.3 is 0 Å². The number of rotatable bonds is 6. The molecule has 10 heteroatoms. The third kappa shape index (κ3) is 4.75. The SMILES string of the molecule is CN1CCC[C@@H]1CCNC(=O)c1cn2c3c(c(N4CCC(C5=CN=CCN5)C4)c(F)cc3c1=O)Oc1cc3ccccc3cc1-2. The number of anilines is 1. The highest BCUT2D eigenvalue weighted by molar-refractivity contribution is 6.02. The van der Waals surface area contributed by atoms with E-state index in [2.05, 4.69) is 27.6 Å². The monoisotopic (exact) mass is 606 g/mol. The highest BCUT2D eigenvalue weighted by Gasteiger charge is 2.35. The standard InChI is InChI=1S/C35H35FN6O3/c1-40-13-4-7-24(40)8-10-39-35(44)26-20-42-29-15-21-5-2-3-6-22(21)16-30(29)45-34-31(42)25(33(26)43)17-27(36)32(34)41-14-9-23(19-41)28-18-37-11-12-38-28/h2-3,5-6,11,15-18,20,23-24,38H,4,7-10,12-14,19H2,1H3,(H,39,44)/t23?,24-/m1/s1. The van der Waals surface area contributed by atoms with Crippen molar-refractivity contribution in [2.24, 2.45) is 10.9 Å². The summed E-state index contributed by atoms with van der Waals surface area (Å²) in [4.78, 5) is 36.0. The van der Waals surface area contributed by atoms with Crippen LogP contribution < -0.4 is 25.7 Å². The number of aromatic nitrogens is 1. The molecule has 0 saturated carbocycles. The van der Waals surface area contributed by atoms with Crippen molar-refractivity contribution >= 4 is 39.5 Å². The molecule has 5 heterocycles. The smallest absolute Gasteiger partial charge is 0.256 e. The maximum Gasteiger partial charge on any atom is 0.256 e.